The van der Waals surface area contributed by atoms with Gasteiger partial charge >= 0.3 is 0 Å². The average molecular weight is 259 g/mol. The van der Waals surface area contributed by atoms with Crippen LogP contribution in [0.15, 0.2) is 47.3 Å². The summed E-state index contributed by atoms with van der Waals surface area (Å²) in [6.45, 7) is 0. The molecule has 88 valence electrons. The van der Waals surface area contributed by atoms with E-state index in [4.69, 9.17) is 16.0 Å². The van der Waals surface area contributed by atoms with Gasteiger partial charge in [-0.1, -0.05) is 11.6 Å². The second-order valence-corrected chi connectivity index (χ2v) is 3.95. The fourth-order valence-electron chi connectivity index (χ4n) is 1.45. The molecule has 0 spiro atoms. The zero-order valence-electron chi connectivity index (χ0n) is 9.12. The van der Waals surface area contributed by atoms with Gasteiger partial charge in [0.2, 0.25) is 5.89 Å². The fraction of sp³-hybridized carbons (Fsp3) is 0. The molecule has 2 heterocycles. The normalized spacial score (nSPS) is 10.5. The molecule has 0 aliphatic heterocycles. The number of hydrogen-bond acceptors (Lipinski definition) is 5. The number of hydrogen-bond donors (Lipinski definition) is 0. The van der Waals surface area contributed by atoms with E-state index in [1.807, 2.05) is 12.1 Å². The van der Waals surface area contributed by atoms with Gasteiger partial charge in [0.05, 0.1) is 6.20 Å². The van der Waals surface area contributed by atoms with Gasteiger partial charge < -0.3 is 4.42 Å². The number of aromatic nitrogens is 4. The van der Waals surface area contributed by atoms with Crippen LogP contribution in [0.5, 0.6) is 0 Å². The van der Waals surface area contributed by atoms with E-state index < -0.39 is 0 Å². The van der Waals surface area contributed by atoms with Crippen molar-refractivity contribution in [2.24, 2.45) is 0 Å². The minimum absolute atomic E-state index is 0.341. The monoisotopic (exact) mass is 258 g/mol. The SMILES string of the molecule is Clc1ccc(-c2nnc(-c3cnccn3)o2)cc1. The van der Waals surface area contributed by atoms with Crippen molar-refractivity contribution in [3.8, 4) is 23.0 Å². The van der Waals surface area contributed by atoms with Crippen molar-refractivity contribution in [2.75, 3.05) is 0 Å². The Morgan fingerprint density at radius 3 is 2.44 bits per heavy atom. The molecule has 0 fully saturated rings. The highest BCUT2D eigenvalue weighted by molar-refractivity contribution is 6.30. The van der Waals surface area contributed by atoms with Gasteiger partial charge in [-0.25, -0.2) is 4.98 Å². The second-order valence-electron chi connectivity index (χ2n) is 3.51. The van der Waals surface area contributed by atoms with Gasteiger partial charge in [-0.05, 0) is 24.3 Å². The van der Waals surface area contributed by atoms with Crippen LogP contribution < -0.4 is 0 Å². The highest BCUT2D eigenvalue weighted by Crippen LogP contribution is 2.23. The molecule has 1 aromatic carbocycles. The Morgan fingerprint density at radius 1 is 0.944 bits per heavy atom. The summed E-state index contributed by atoms with van der Waals surface area (Å²) in [5.41, 5.74) is 1.35. The van der Waals surface area contributed by atoms with Crippen LogP contribution in [0.1, 0.15) is 0 Å². The number of rotatable bonds is 2. The van der Waals surface area contributed by atoms with Gasteiger partial charge in [-0.15, -0.1) is 10.2 Å². The van der Waals surface area contributed by atoms with Crippen molar-refractivity contribution in [3.63, 3.8) is 0 Å². The van der Waals surface area contributed by atoms with Crippen molar-refractivity contribution in [1.29, 1.82) is 0 Å². The van der Waals surface area contributed by atoms with Crippen LogP contribution in [0.3, 0.4) is 0 Å². The first-order valence-corrected chi connectivity index (χ1v) is 5.56. The maximum Gasteiger partial charge on any atom is 0.268 e. The Kier molecular flexibility index (Phi) is 2.74. The molecular formula is C12H7ClN4O. The third kappa shape index (κ3) is 2.08. The summed E-state index contributed by atoms with van der Waals surface area (Å²) >= 11 is 5.82. The Bertz CT molecular complexity index is 651. The lowest BCUT2D eigenvalue weighted by Gasteiger charge is -1.94. The number of benzene rings is 1. The summed E-state index contributed by atoms with van der Waals surface area (Å²) in [4.78, 5) is 8.04. The third-order valence-electron chi connectivity index (χ3n) is 2.30. The Balaban J connectivity index is 1.97. The average Bonchev–Trinajstić information content (AvgIpc) is 2.90. The minimum atomic E-state index is 0.341. The topological polar surface area (TPSA) is 64.7 Å². The zero-order valence-corrected chi connectivity index (χ0v) is 9.87. The molecule has 0 saturated carbocycles. The summed E-state index contributed by atoms with van der Waals surface area (Å²) in [5, 5.41) is 8.56. The molecule has 0 aliphatic carbocycles. The van der Waals surface area contributed by atoms with Crippen LogP contribution in [-0.4, -0.2) is 20.2 Å². The Hall–Kier alpha value is -2.27. The van der Waals surface area contributed by atoms with Gasteiger partial charge in [0, 0.05) is 23.0 Å². The fourth-order valence-corrected chi connectivity index (χ4v) is 1.57. The van der Waals surface area contributed by atoms with Gasteiger partial charge in [0.1, 0.15) is 5.69 Å². The predicted molar refractivity (Wildman–Crippen MR) is 65.8 cm³/mol. The first-order valence-electron chi connectivity index (χ1n) is 5.19. The molecule has 0 N–H and O–H groups in total. The molecule has 0 unspecified atom stereocenters. The number of nitrogens with zero attached hydrogens (tertiary/aromatic N) is 4. The zero-order chi connectivity index (χ0) is 12.4. The van der Waals surface area contributed by atoms with Crippen LogP contribution in [0.25, 0.3) is 23.0 Å². The Labute approximate surface area is 107 Å². The summed E-state index contributed by atoms with van der Waals surface area (Å²) in [6, 6.07) is 7.17. The van der Waals surface area contributed by atoms with Crippen LogP contribution in [0.2, 0.25) is 5.02 Å². The first kappa shape index (κ1) is 10.9. The van der Waals surface area contributed by atoms with E-state index in [9.17, 15) is 0 Å². The van der Waals surface area contributed by atoms with Crippen LogP contribution in [0.4, 0.5) is 0 Å². The molecule has 18 heavy (non-hydrogen) atoms. The maximum atomic E-state index is 5.82. The molecule has 3 aromatic rings. The van der Waals surface area contributed by atoms with E-state index in [0.717, 1.165) is 5.56 Å². The van der Waals surface area contributed by atoms with Gasteiger partial charge in [0.15, 0.2) is 0 Å². The molecule has 0 bridgehead atoms. The van der Waals surface area contributed by atoms with Crippen LogP contribution >= 0.6 is 11.6 Å². The molecule has 2 aromatic heterocycles. The van der Waals surface area contributed by atoms with E-state index in [0.29, 0.717) is 22.5 Å². The van der Waals surface area contributed by atoms with Crippen molar-refractivity contribution >= 4 is 11.6 Å². The maximum absolute atomic E-state index is 5.82. The van der Waals surface area contributed by atoms with Crippen LogP contribution in [0, 0.1) is 0 Å². The van der Waals surface area contributed by atoms with E-state index in [1.165, 1.54) is 0 Å². The van der Waals surface area contributed by atoms with Crippen molar-refractivity contribution in [2.45, 2.75) is 0 Å². The lowest BCUT2D eigenvalue weighted by atomic mass is 10.2. The van der Waals surface area contributed by atoms with Crippen molar-refractivity contribution in [1.82, 2.24) is 20.2 Å². The molecule has 6 heteroatoms. The van der Waals surface area contributed by atoms with E-state index >= 15 is 0 Å². The lowest BCUT2D eigenvalue weighted by Crippen LogP contribution is -1.83. The van der Waals surface area contributed by atoms with Gasteiger partial charge in [-0.2, -0.15) is 0 Å². The van der Waals surface area contributed by atoms with Crippen molar-refractivity contribution < 1.29 is 4.42 Å². The van der Waals surface area contributed by atoms with Gasteiger partial charge in [-0.3, -0.25) is 4.98 Å². The van der Waals surface area contributed by atoms with Gasteiger partial charge in [0.25, 0.3) is 5.89 Å². The Morgan fingerprint density at radius 2 is 1.72 bits per heavy atom. The molecule has 0 radical (unpaired) electrons. The molecule has 0 amide bonds. The summed E-state index contributed by atoms with van der Waals surface area (Å²) in [6.07, 6.45) is 4.72. The quantitative estimate of drug-likeness (QED) is 0.707. The van der Waals surface area contributed by atoms with E-state index in [2.05, 4.69) is 20.2 Å². The standard InChI is InChI=1S/C12H7ClN4O/c13-9-3-1-8(2-4-9)11-16-17-12(18-11)10-7-14-5-6-15-10/h1-7H. The molecule has 5 nitrogen and oxygen atoms in total. The minimum Gasteiger partial charge on any atom is -0.415 e. The molecule has 0 atom stereocenters. The highest BCUT2D eigenvalue weighted by Gasteiger charge is 2.11. The van der Waals surface area contributed by atoms with Crippen molar-refractivity contribution in [3.05, 3.63) is 47.9 Å². The third-order valence-corrected chi connectivity index (χ3v) is 2.55. The lowest BCUT2D eigenvalue weighted by molar-refractivity contribution is 0.581. The molecule has 0 aliphatic rings. The smallest absolute Gasteiger partial charge is 0.268 e. The molecular weight excluding hydrogens is 252 g/mol. The van der Waals surface area contributed by atoms with E-state index in [-0.39, 0.29) is 0 Å². The summed E-state index contributed by atoms with van der Waals surface area (Å²) < 4.78 is 5.53. The predicted octanol–water partition coefficient (Wildman–Crippen LogP) is 2.85. The highest BCUT2D eigenvalue weighted by atomic mass is 35.5. The second kappa shape index (κ2) is 4.54. The molecule has 0 saturated heterocycles. The molecule has 3 rings (SSSR count). The summed E-state index contributed by atoms with van der Waals surface area (Å²) in [5.74, 6) is 0.764. The largest absolute Gasteiger partial charge is 0.415 e. The summed E-state index contributed by atoms with van der Waals surface area (Å²) in [7, 11) is 0. The van der Waals surface area contributed by atoms with Crippen LogP contribution in [-0.2, 0) is 0 Å². The van der Waals surface area contributed by atoms with E-state index in [1.54, 1.807) is 30.7 Å². The number of halogens is 1. The first-order chi connectivity index (χ1) is 8.83.